The van der Waals surface area contributed by atoms with Gasteiger partial charge >= 0.3 is 0 Å². The Bertz CT molecular complexity index is 1090. The number of hydrogen-bond acceptors (Lipinski definition) is 4. The third-order valence-electron chi connectivity index (χ3n) is 6.09. The van der Waals surface area contributed by atoms with Gasteiger partial charge in [0.1, 0.15) is 11.5 Å². The van der Waals surface area contributed by atoms with Gasteiger partial charge in [0.2, 0.25) is 0 Å². The van der Waals surface area contributed by atoms with Crippen molar-refractivity contribution in [1.29, 1.82) is 0 Å². The number of piperidine rings is 1. The van der Waals surface area contributed by atoms with Crippen molar-refractivity contribution in [2.24, 2.45) is 5.92 Å². The number of anilines is 1. The summed E-state index contributed by atoms with van der Waals surface area (Å²) in [5, 5.41) is 2.77. The number of rotatable bonds is 8. The van der Waals surface area contributed by atoms with Crippen molar-refractivity contribution in [3.05, 3.63) is 90.0 Å². The summed E-state index contributed by atoms with van der Waals surface area (Å²) in [6.07, 6.45) is 3.11. The molecule has 0 aromatic heterocycles. The van der Waals surface area contributed by atoms with E-state index >= 15 is 0 Å². The summed E-state index contributed by atoms with van der Waals surface area (Å²) in [6.45, 7) is 1.43. The average Bonchev–Trinajstić information content (AvgIpc) is 2.88. The van der Waals surface area contributed by atoms with Crippen LogP contribution in [0.3, 0.4) is 0 Å². The number of amides is 2. The molecule has 1 N–H and O–H groups in total. The Labute approximate surface area is 200 Å². The number of ether oxygens (including phenoxy) is 2. The lowest BCUT2D eigenvalue weighted by Gasteiger charge is -2.32. The van der Waals surface area contributed by atoms with Gasteiger partial charge in [0.05, 0.1) is 7.11 Å². The standard InChI is InChI=1S/C28H30N2O4/c1-33-26-9-5-8-24(19-26)29-27(31)20-34-25-12-10-23(11-13-25)28(32)30-16-14-22(15-17-30)18-21-6-3-2-4-7-21/h2-13,19,22H,14-18,20H2,1H3,(H,29,31). The van der Waals surface area contributed by atoms with Crippen molar-refractivity contribution < 1.29 is 19.1 Å². The molecule has 1 heterocycles. The van der Waals surface area contributed by atoms with Gasteiger partial charge in [-0.2, -0.15) is 0 Å². The van der Waals surface area contributed by atoms with Crippen LogP contribution < -0.4 is 14.8 Å². The third-order valence-corrected chi connectivity index (χ3v) is 6.09. The summed E-state index contributed by atoms with van der Waals surface area (Å²) in [5.74, 6) is 1.59. The van der Waals surface area contributed by atoms with E-state index in [9.17, 15) is 9.59 Å². The molecule has 1 aliphatic heterocycles. The molecule has 176 valence electrons. The van der Waals surface area contributed by atoms with E-state index in [0.717, 1.165) is 32.4 Å². The van der Waals surface area contributed by atoms with Crippen molar-refractivity contribution in [1.82, 2.24) is 4.90 Å². The van der Waals surface area contributed by atoms with E-state index < -0.39 is 0 Å². The summed E-state index contributed by atoms with van der Waals surface area (Å²) >= 11 is 0. The summed E-state index contributed by atoms with van der Waals surface area (Å²) < 4.78 is 10.7. The molecule has 0 aliphatic carbocycles. The highest BCUT2D eigenvalue weighted by Crippen LogP contribution is 2.23. The van der Waals surface area contributed by atoms with Crippen molar-refractivity contribution in [2.75, 3.05) is 32.1 Å². The van der Waals surface area contributed by atoms with Crippen molar-refractivity contribution in [2.45, 2.75) is 19.3 Å². The van der Waals surface area contributed by atoms with E-state index in [-0.39, 0.29) is 18.4 Å². The molecular weight excluding hydrogens is 428 g/mol. The van der Waals surface area contributed by atoms with Crippen LogP contribution in [0.1, 0.15) is 28.8 Å². The molecule has 6 nitrogen and oxygen atoms in total. The number of benzene rings is 3. The molecule has 6 heteroatoms. The Morgan fingerprint density at radius 3 is 2.35 bits per heavy atom. The van der Waals surface area contributed by atoms with E-state index in [4.69, 9.17) is 9.47 Å². The van der Waals surface area contributed by atoms with Crippen LogP contribution in [0.2, 0.25) is 0 Å². The van der Waals surface area contributed by atoms with E-state index in [1.54, 1.807) is 49.6 Å². The van der Waals surface area contributed by atoms with Gasteiger partial charge in [0, 0.05) is 30.4 Å². The van der Waals surface area contributed by atoms with Crippen LogP contribution in [0.5, 0.6) is 11.5 Å². The first-order valence-electron chi connectivity index (χ1n) is 11.6. The molecular formula is C28H30N2O4. The molecule has 2 amide bonds. The Morgan fingerprint density at radius 2 is 1.65 bits per heavy atom. The number of likely N-dealkylation sites (tertiary alicyclic amines) is 1. The molecule has 3 aromatic rings. The van der Waals surface area contributed by atoms with E-state index in [1.165, 1.54) is 5.56 Å². The molecule has 4 rings (SSSR count). The number of methoxy groups -OCH3 is 1. The minimum Gasteiger partial charge on any atom is -0.497 e. The van der Waals surface area contributed by atoms with Crippen molar-refractivity contribution in [3.8, 4) is 11.5 Å². The van der Waals surface area contributed by atoms with E-state index in [2.05, 4.69) is 29.6 Å². The van der Waals surface area contributed by atoms with Gasteiger partial charge in [-0.3, -0.25) is 9.59 Å². The van der Waals surface area contributed by atoms with Crippen LogP contribution >= 0.6 is 0 Å². The molecule has 0 radical (unpaired) electrons. The van der Waals surface area contributed by atoms with Gasteiger partial charge < -0.3 is 19.7 Å². The Hall–Kier alpha value is -3.80. The van der Waals surface area contributed by atoms with Gasteiger partial charge in [-0.15, -0.1) is 0 Å². The van der Waals surface area contributed by atoms with Crippen LogP contribution in [0.4, 0.5) is 5.69 Å². The first-order valence-corrected chi connectivity index (χ1v) is 11.6. The Morgan fingerprint density at radius 1 is 0.912 bits per heavy atom. The molecule has 1 saturated heterocycles. The quantitative estimate of drug-likeness (QED) is 0.526. The molecule has 0 bridgehead atoms. The predicted molar refractivity (Wildman–Crippen MR) is 132 cm³/mol. The normalized spacial score (nSPS) is 13.9. The Kier molecular flexibility index (Phi) is 7.81. The van der Waals surface area contributed by atoms with Gasteiger partial charge in [-0.1, -0.05) is 36.4 Å². The largest absolute Gasteiger partial charge is 0.497 e. The molecule has 0 atom stereocenters. The monoisotopic (exact) mass is 458 g/mol. The number of hydrogen-bond donors (Lipinski definition) is 1. The lowest BCUT2D eigenvalue weighted by atomic mass is 9.90. The maximum absolute atomic E-state index is 12.9. The smallest absolute Gasteiger partial charge is 0.262 e. The summed E-state index contributed by atoms with van der Waals surface area (Å²) in [4.78, 5) is 27.0. The topological polar surface area (TPSA) is 67.9 Å². The van der Waals surface area contributed by atoms with Crippen molar-refractivity contribution in [3.63, 3.8) is 0 Å². The SMILES string of the molecule is COc1cccc(NC(=O)COc2ccc(C(=O)N3CCC(Cc4ccccc4)CC3)cc2)c1. The van der Waals surface area contributed by atoms with Gasteiger partial charge in [0.25, 0.3) is 11.8 Å². The third kappa shape index (κ3) is 6.38. The fourth-order valence-corrected chi connectivity index (χ4v) is 4.21. The van der Waals surface area contributed by atoms with E-state index in [1.807, 2.05) is 17.0 Å². The first-order chi connectivity index (χ1) is 16.6. The fraction of sp³-hybridized carbons (Fsp3) is 0.286. The maximum Gasteiger partial charge on any atom is 0.262 e. The molecule has 34 heavy (non-hydrogen) atoms. The van der Waals surface area contributed by atoms with Crippen LogP contribution in [-0.4, -0.2) is 43.5 Å². The molecule has 0 unspecified atom stereocenters. The van der Waals surface area contributed by atoms with Crippen LogP contribution in [0, 0.1) is 5.92 Å². The highest BCUT2D eigenvalue weighted by Gasteiger charge is 2.23. The lowest BCUT2D eigenvalue weighted by Crippen LogP contribution is -2.38. The lowest BCUT2D eigenvalue weighted by molar-refractivity contribution is -0.118. The van der Waals surface area contributed by atoms with Gasteiger partial charge in [-0.25, -0.2) is 0 Å². The first kappa shape index (κ1) is 23.4. The summed E-state index contributed by atoms with van der Waals surface area (Å²) in [5.41, 5.74) is 2.64. The van der Waals surface area contributed by atoms with Crippen LogP contribution in [0.25, 0.3) is 0 Å². The van der Waals surface area contributed by atoms with E-state index in [0.29, 0.717) is 28.7 Å². The fourth-order valence-electron chi connectivity index (χ4n) is 4.21. The second-order valence-corrected chi connectivity index (χ2v) is 8.52. The molecule has 1 aliphatic rings. The summed E-state index contributed by atoms with van der Waals surface area (Å²) in [7, 11) is 1.58. The number of nitrogens with one attached hydrogen (secondary N) is 1. The number of nitrogens with zero attached hydrogens (tertiary/aromatic N) is 1. The summed E-state index contributed by atoms with van der Waals surface area (Å²) in [6, 6.07) is 24.6. The second kappa shape index (κ2) is 11.4. The zero-order valence-electron chi connectivity index (χ0n) is 19.4. The predicted octanol–water partition coefficient (Wildman–Crippen LogP) is 4.81. The zero-order valence-corrected chi connectivity index (χ0v) is 19.4. The average molecular weight is 459 g/mol. The highest BCUT2D eigenvalue weighted by molar-refractivity contribution is 5.94. The van der Waals surface area contributed by atoms with Crippen LogP contribution in [-0.2, 0) is 11.2 Å². The van der Waals surface area contributed by atoms with Crippen LogP contribution in [0.15, 0.2) is 78.9 Å². The van der Waals surface area contributed by atoms with Crippen molar-refractivity contribution >= 4 is 17.5 Å². The second-order valence-electron chi connectivity index (χ2n) is 8.52. The molecule has 0 spiro atoms. The number of carbonyl (C=O) groups is 2. The molecule has 0 saturated carbocycles. The molecule has 3 aromatic carbocycles. The number of carbonyl (C=O) groups excluding carboxylic acids is 2. The van der Waals surface area contributed by atoms with Gasteiger partial charge in [0.15, 0.2) is 6.61 Å². The Balaban J connectivity index is 1.23. The molecule has 1 fully saturated rings. The maximum atomic E-state index is 12.9. The highest BCUT2D eigenvalue weighted by atomic mass is 16.5. The minimum absolute atomic E-state index is 0.0421. The minimum atomic E-state index is -0.272. The zero-order chi connectivity index (χ0) is 23.8. The van der Waals surface area contributed by atoms with Gasteiger partial charge in [-0.05, 0) is 67.1 Å².